The zero-order valence-corrected chi connectivity index (χ0v) is 11.5. The van der Waals surface area contributed by atoms with E-state index in [2.05, 4.69) is 20.2 Å². The number of aromatic nitrogens is 4. The number of nitrogens with one attached hydrogen (secondary N) is 1. The first-order valence-corrected chi connectivity index (χ1v) is 6.50. The molecular weight excluding hydrogens is 256 g/mol. The molecule has 3 heterocycles. The summed E-state index contributed by atoms with van der Waals surface area (Å²) in [6.07, 6.45) is 6.65. The summed E-state index contributed by atoms with van der Waals surface area (Å²) in [5, 5.41) is 6.94. The second-order valence-electron chi connectivity index (χ2n) is 4.95. The molecule has 0 saturated heterocycles. The predicted octanol–water partition coefficient (Wildman–Crippen LogP) is 0.859. The molecule has 0 aromatic carbocycles. The lowest BCUT2D eigenvalue weighted by atomic mass is 10.1. The van der Waals surface area contributed by atoms with Gasteiger partial charge in [-0.15, -0.1) is 0 Å². The molecule has 0 saturated carbocycles. The Morgan fingerprint density at radius 3 is 2.85 bits per heavy atom. The van der Waals surface area contributed by atoms with Crippen molar-refractivity contribution in [3.05, 3.63) is 30.0 Å². The first-order chi connectivity index (χ1) is 9.66. The number of carbonyl (C=O) groups excluding carboxylic acids is 1. The van der Waals surface area contributed by atoms with Gasteiger partial charge in [0.15, 0.2) is 0 Å². The van der Waals surface area contributed by atoms with Gasteiger partial charge in [0, 0.05) is 20.6 Å². The summed E-state index contributed by atoms with van der Waals surface area (Å²) in [7, 11) is 3.77. The Morgan fingerprint density at radius 1 is 1.30 bits per heavy atom. The van der Waals surface area contributed by atoms with Crippen LogP contribution in [0.25, 0.3) is 0 Å². The van der Waals surface area contributed by atoms with Gasteiger partial charge in [0.05, 0.1) is 30.0 Å². The molecule has 0 spiro atoms. The number of amides is 1. The second-order valence-corrected chi connectivity index (χ2v) is 4.95. The summed E-state index contributed by atoms with van der Waals surface area (Å²) < 4.78 is 0. The number of aryl methyl sites for hydroxylation is 1. The Balaban J connectivity index is 1.87. The zero-order valence-electron chi connectivity index (χ0n) is 11.5. The molecule has 0 radical (unpaired) electrons. The van der Waals surface area contributed by atoms with E-state index in [1.165, 1.54) is 6.20 Å². The van der Waals surface area contributed by atoms with Crippen LogP contribution in [-0.2, 0) is 6.42 Å². The maximum atomic E-state index is 12.5. The normalized spacial score (nSPS) is 14.0. The molecule has 104 valence electrons. The summed E-state index contributed by atoms with van der Waals surface area (Å²) in [6, 6.07) is 0. The number of anilines is 2. The number of hydrogen-bond donors (Lipinski definition) is 1. The maximum Gasteiger partial charge on any atom is 0.278 e. The van der Waals surface area contributed by atoms with Gasteiger partial charge in [0.1, 0.15) is 11.5 Å². The standard InChI is InChI=1S/C13H16N6O/c1-18(2)12-8-14-10(6-15-12)13(20)19-5-3-4-9-11(19)7-16-17-9/h6-8H,3-5H2,1-2H3,(H,16,17). The highest BCUT2D eigenvalue weighted by Crippen LogP contribution is 2.25. The summed E-state index contributed by atoms with van der Waals surface area (Å²) in [6.45, 7) is 0.683. The first kappa shape index (κ1) is 12.6. The van der Waals surface area contributed by atoms with E-state index in [0.29, 0.717) is 12.2 Å². The van der Waals surface area contributed by atoms with Crippen molar-refractivity contribution in [2.75, 3.05) is 30.4 Å². The lowest BCUT2D eigenvalue weighted by Crippen LogP contribution is -2.35. The second kappa shape index (κ2) is 4.92. The van der Waals surface area contributed by atoms with Crippen molar-refractivity contribution in [3.63, 3.8) is 0 Å². The molecule has 1 aliphatic rings. The molecule has 7 nitrogen and oxygen atoms in total. The van der Waals surface area contributed by atoms with E-state index in [9.17, 15) is 4.79 Å². The summed E-state index contributed by atoms with van der Waals surface area (Å²) in [4.78, 5) is 24.5. The van der Waals surface area contributed by atoms with E-state index in [1.807, 2.05) is 19.0 Å². The van der Waals surface area contributed by atoms with Crippen LogP contribution in [-0.4, -0.2) is 46.7 Å². The fourth-order valence-corrected chi connectivity index (χ4v) is 2.27. The average Bonchev–Trinajstić information content (AvgIpc) is 2.95. The molecule has 1 aliphatic heterocycles. The Bertz CT molecular complexity index is 618. The smallest absolute Gasteiger partial charge is 0.278 e. The molecule has 1 amide bonds. The average molecular weight is 272 g/mol. The SMILES string of the molecule is CN(C)c1cnc(C(=O)N2CCCc3[nH]ncc32)cn1. The lowest BCUT2D eigenvalue weighted by Gasteiger charge is -2.25. The topological polar surface area (TPSA) is 78.0 Å². The minimum absolute atomic E-state index is 0.134. The highest BCUT2D eigenvalue weighted by molar-refractivity contribution is 6.05. The van der Waals surface area contributed by atoms with Crippen LogP contribution in [0.1, 0.15) is 22.6 Å². The Hall–Kier alpha value is -2.44. The number of aromatic amines is 1. The molecule has 0 aliphatic carbocycles. The van der Waals surface area contributed by atoms with E-state index < -0.39 is 0 Å². The van der Waals surface area contributed by atoms with Gasteiger partial charge in [-0.3, -0.25) is 9.89 Å². The van der Waals surface area contributed by atoms with Gasteiger partial charge < -0.3 is 9.80 Å². The van der Waals surface area contributed by atoms with Crippen LogP contribution in [0.15, 0.2) is 18.6 Å². The molecule has 1 N–H and O–H groups in total. The van der Waals surface area contributed by atoms with Crippen molar-refractivity contribution in [1.29, 1.82) is 0 Å². The molecule has 0 bridgehead atoms. The van der Waals surface area contributed by atoms with Crippen LogP contribution in [0, 0.1) is 0 Å². The van der Waals surface area contributed by atoms with Crippen LogP contribution >= 0.6 is 0 Å². The fraction of sp³-hybridized carbons (Fsp3) is 0.385. The number of H-pyrrole nitrogens is 1. The molecule has 20 heavy (non-hydrogen) atoms. The van der Waals surface area contributed by atoms with Crippen molar-refractivity contribution in [2.45, 2.75) is 12.8 Å². The highest BCUT2D eigenvalue weighted by atomic mass is 16.2. The van der Waals surface area contributed by atoms with E-state index >= 15 is 0 Å². The van der Waals surface area contributed by atoms with Crippen LogP contribution in [0.2, 0.25) is 0 Å². The van der Waals surface area contributed by atoms with Crippen LogP contribution in [0.4, 0.5) is 11.5 Å². The third kappa shape index (κ3) is 2.11. The maximum absolute atomic E-state index is 12.5. The highest BCUT2D eigenvalue weighted by Gasteiger charge is 2.25. The van der Waals surface area contributed by atoms with Crippen molar-refractivity contribution >= 4 is 17.4 Å². The van der Waals surface area contributed by atoms with E-state index in [0.717, 1.165) is 30.0 Å². The Labute approximate surface area is 116 Å². The predicted molar refractivity (Wildman–Crippen MR) is 74.9 cm³/mol. The van der Waals surface area contributed by atoms with Crippen molar-refractivity contribution < 1.29 is 4.79 Å². The number of nitrogens with zero attached hydrogens (tertiary/aromatic N) is 5. The van der Waals surface area contributed by atoms with Gasteiger partial charge in [0.2, 0.25) is 0 Å². The van der Waals surface area contributed by atoms with Gasteiger partial charge >= 0.3 is 0 Å². The Kier molecular flexibility index (Phi) is 3.09. The van der Waals surface area contributed by atoms with E-state index in [1.54, 1.807) is 17.3 Å². The number of rotatable bonds is 2. The molecule has 0 atom stereocenters. The molecule has 0 fully saturated rings. The summed E-state index contributed by atoms with van der Waals surface area (Å²) in [5.74, 6) is 0.592. The van der Waals surface area contributed by atoms with Crippen LogP contribution in [0.3, 0.4) is 0 Å². The van der Waals surface area contributed by atoms with E-state index in [-0.39, 0.29) is 5.91 Å². The third-order valence-corrected chi connectivity index (χ3v) is 3.36. The molecule has 3 rings (SSSR count). The summed E-state index contributed by atoms with van der Waals surface area (Å²) >= 11 is 0. The minimum Gasteiger partial charge on any atom is -0.361 e. The first-order valence-electron chi connectivity index (χ1n) is 6.50. The minimum atomic E-state index is -0.134. The van der Waals surface area contributed by atoms with Crippen LogP contribution < -0.4 is 9.80 Å². The molecule has 2 aromatic heterocycles. The van der Waals surface area contributed by atoms with Gasteiger partial charge in [-0.1, -0.05) is 0 Å². The lowest BCUT2D eigenvalue weighted by molar-refractivity contribution is 0.0980. The van der Waals surface area contributed by atoms with Gasteiger partial charge in [0.25, 0.3) is 5.91 Å². The third-order valence-electron chi connectivity index (χ3n) is 3.36. The quantitative estimate of drug-likeness (QED) is 0.877. The van der Waals surface area contributed by atoms with Gasteiger partial charge in [-0.05, 0) is 12.8 Å². The van der Waals surface area contributed by atoms with Gasteiger partial charge in [-0.25, -0.2) is 9.97 Å². The molecule has 2 aromatic rings. The van der Waals surface area contributed by atoms with E-state index in [4.69, 9.17) is 0 Å². The number of hydrogen-bond acceptors (Lipinski definition) is 5. The molecular formula is C13H16N6O. The zero-order chi connectivity index (χ0) is 14.1. The number of carbonyl (C=O) groups is 1. The van der Waals surface area contributed by atoms with Crippen molar-refractivity contribution in [3.8, 4) is 0 Å². The summed E-state index contributed by atoms with van der Waals surface area (Å²) in [5.41, 5.74) is 2.20. The fourth-order valence-electron chi connectivity index (χ4n) is 2.27. The van der Waals surface area contributed by atoms with Crippen molar-refractivity contribution in [2.24, 2.45) is 0 Å². The Morgan fingerprint density at radius 2 is 2.15 bits per heavy atom. The van der Waals surface area contributed by atoms with Gasteiger partial charge in [-0.2, -0.15) is 5.10 Å². The van der Waals surface area contributed by atoms with Crippen LogP contribution in [0.5, 0.6) is 0 Å². The molecule has 0 unspecified atom stereocenters. The number of fused-ring (bicyclic) bond motifs is 1. The largest absolute Gasteiger partial charge is 0.361 e. The van der Waals surface area contributed by atoms with Crippen molar-refractivity contribution in [1.82, 2.24) is 20.2 Å². The monoisotopic (exact) mass is 272 g/mol. The molecule has 7 heteroatoms.